The Kier molecular flexibility index (Phi) is 5.74. The molecule has 1 rings (SSSR count). The first-order valence-electron chi connectivity index (χ1n) is 6.73. The summed E-state index contributed by atoms with van der Waals surface area (Å²) in [5.41, 5.74) is 0. The molecule has 1 aliphatic heterocycles. The summed E-state index contributed by atoms with van der Waals surface area (Å²) >= 11 is 6.59. The molecule has 1 aliphatic rings. The lowest BCUT2D eigenvalue weighted by Gasteiger charge is -2.44. The largest absolute Gasteiger partial charge is 0.413 e. The minimum absolute atomic E-state index is 0.0404. The molecule has 20 heavy (non-hydrogen) atoms. The number of hydrogen-bond acceptors (Lipinski definition) is 4. The number of carbonyl (C=O) groups excluding carboxylic acids is 2. The Bertz CT molecular complexity index is 398. The number of β-lactam (4-membered cyclic amide) rings is 1. The van der Waals surface area contributed by atoms with Crippen LogP contribution < -0.4 is 5.32 Å². The maximum Gasteiger partial charge on any atom is 0.229 e. The average molecular weight is 338 g/mol. The molecule has 1 amide bonds. The Hall–Kier alpha value is -0.0431. The van der Waals surface area contributed by atoms with E-state index in [9.17, 15) is 9.59 Å². The number of halogens is 1. The van der Waals surface area contributed by atoms with E-state index in [0.29, 0.717) is 0 Å². The molecule has 0 aromatic rings. The van der Waals surface area contributed by atoms with E-state index in [0.717, 1.165) is 11.8 Å². The molecule has 116 valence electrons. The molecule has 1 N–H and O–H groups in total. The van der Waals surface area contributed by atoms with Crippen molar-refractivity contribution in [2.24, 2.45) is 5.92 Å². The van der Waals surface area contributed by atoms with Gasteiger partial charge >= 0.3 is 0 Å². The van der Waals surface area contributed by atoms with Crippen LogP contribution in [-0.4, -0.2) is 36.7 Å². The minimum atomic E-state index is -1.92. The molecule has 0 spiro atoms. The Morgan fingerprint density at radius 1 is 1.50 bits per heavy atom. The number of nitrogens with one attached hydrogen (secondary N) is 1. The van der Waals surface area contributed by atoms with Gasteiger partial charge in [-0.3, -0.25) is 9.59 Å². The lowest BCUT2D eigenvalue weighted by molar-refractivity contribution is -0.136. The highest BCUT2D eigenvalue weighted by molar-refractivity contribution is 8.14. The van der Waals surface area contributed by atoms with Gasteiger partial charge in [0, 0.05) is 0 Å². The van der Waals surface area contributed by atoms with Crippen LogP contribution in [0.15, 0.2) is 0 Å². The highest BCUT2D eigenvalue weighted by Crippen LogP contribution is 2.40. The standard InChI is InChI=1S/C13H24ClNO3SSi/c1-8(18-20(5,6)13(2,3)4)10-11(17)15-12(10)19-9(16)7-14/h8,10,12H,7H2,1-6H3,(H,15,17)/t8?,10-,12+/m0/s1. The van der Waals surface area contributed by atoms with Crippen LogP contribution in [0.4, 0.5) is 0 Å². The van der Waals surface area contributed by atoms with E-state index < -0.39 is 8.32 Å². The summed E-state index contributed by atoms with van der Waals surface area (Å²) < 4.78 is 6.24. The summed E-state index contributed by atoms with van der Waals surface area (Å²) in [6.45, 7) is 12.7. The Labute approximate surface area is 131 Å². The molecule has 0 saturated carbocycles. The Morgan fingerprint density at radius 3 is 2.45 bits per heavy atom. The minimum Gasteiger partial charge on any atom is -0.413 e. The highest BCUT2D eigenvalue weighted by Gasteiger charge is 2.48. The monoisotopic (exact) mass is 337 g/mol. The molecule has 0 radical (unpaired) electrons. The van der Waals surface area contributed by atoms with Crippen molar-refractivity contribution in [3.63, 3.8) is 0 Å². The molecule has 7 heteroatoms. The lowest BCUT2D eigenvalue weighted by Crippen LogP contribution is -2.62. The molecular formula is C13H24ClNO3SSi. The molecule has 0 aromatic carbocycles. The van der Waals surface area contributed by atoms with Crippen LogP contribution in [0.3, 0.4) is 0 Å². The van der Waals surface area contributed by atoms with Gasteiger partial charge in [-0.1, -0.05) is 32.5 Å². The van der Waals surface area contributed by atoms with Crippen molar-refractivity contribution in [2.75, 3.05) is 5.88 Å². The fourth-order valence-corrected chi connectivity index (χ4v) is 4.45. The highest BCUT2D eigenvalue weighted by atomic mass is 35.5. The Morgan fingerprint density at radius 2 is 2.05 bits per heavy atom. The lowest BCUT2D eigenvalue weighted by atomic mass is 9.96. The number of carbonyl (C=O) groups is 2. The molecule has 1 unspecified atom stereocenters. The predicted molar refractivity (Wildman–Crippen MR) is 86.5 cm³/mol. The van der Waals surface area contributed by atoms with Crippen LogP contribution in [0.25, 0.3) is 0 Å². The zero-order valence-electron chi connectivity index (χ0n) is 13.0. The van der Waals surface area contributed by atoms with Crippen LogP contribution >= 0.6 is 23.4 Å². The maximum absolute atomic E-state index is 11.8. The van der Waals surface area contributed by atoms with Gasteiger partial charge in [-0.15, -0.1) is 11.6 Å². The van der Waals surface area contributed by atoms with Crippen molar-refractivity contribution in [3.8, 4) is 0 Å². The zero-order chi connectivity index (χ0) is 15.7. The number of amides is 1. The van der Waals surface area contributed by atoms with E-state index in [2.05, 4.69) is 39.2 Å². The first kappa shape index (κ1) is 18.0. The SMILES string of the molecule is CC(O[Si](C)(C)C(C)(C)C)[C@H]1C(=O)N[C@@H]1SC(=O)CCl. The van der Waals surface area contributed by atoms with Crippen LogP contribution in [0.2, 0.25) is 18.1 Å². The fraction of sp³-hybridized carbons (Fsp3) is 0.846. The molecule has 1 fully saturated rings. The predicted octanol–water partition coefficient (Wildman–Crippen LogP) is 2.97. The van der Waals surface area contributed by atoms with Crippen LogP contribution in [0.5, 0.6) is 0 Å². The summed E-state index contributed by atoms with van der Waals surface area (Å²) in [4.78, 5) is 23.1. The normalized spacial score (nSPS) is 24.9. The first-order valence-corrected chi connectivity index (χ1v) is 11.1. The smallest absolute Gasteiger partial charge is 0.229 e. The molecule has 1 heterocycles. The number of hydrogen-bond donors (Lipinski definition) is 1. The van der Waals surface area contributed by atoms with Gasteiger partial charge in [0.15, 0.2) is 8.32 Å². The topological polar surface area (TPSA) is 55.4 Å². The van der Waals surface area contributed by atoms with E-state index in [1.165, 1.54) is 0 Å². The van der Waals surface area contributed by atoms with Crippen molar-refractivity contribution in [3.05, 3.63) is 0 Å². The van der Waals surface area contributed by atoms with Crippen molar-refractivity contribution < 1.29 is 14.0 Å². The zero-order valence-corrected chi connectivity index (χ0v) is 15.5. The van der Waals surface area contributed by atoms with E-state index >= 15 is 0 Å². The van der Waals surface area contributed by atoms with Gasteiger partial charge in [-0.2, -0.15) is 0 Å². The maximum atomic E-state index is 11.8. The fourth-order valence-electron chi connectivity index (χ4n) is 1.82. The Balaban J connectivity index is 2.68. The number of thioether (sulfide) groups is 1. The third kappa shape index (κ3) is 3.99. The van der Waals surface area contributed by atoms with Crippen molar-refractivity contribution >= 4 is 42.7 Å². The quantitative estimate of drug-likeness (QED) is 0.476. The van der Waals surface area contributed by atoms with Gasteiger partial charge in [0.05, 0.1) is 23.3 Å². The second-order valence-electron chi connectivity index (χ2n) is 6.66. The van der Waals surface area contributed by atoms with Gasteiger partial charge in [0.25, 0.3) is 0 Å². The summed E-state index contributed by atoms with van der Waals surface area (Å²) in [6.07, 6.45) is -0.190. The molecule has 1 saturated heterocycles. The summed E-state index contributed by atoms with van der Waals surface area (Å²) in [5.74, 6) is -0.362. The molecule has 0 bridgehead atoms. The summed E-state index contributed by atoms with van der Waals surface area (Å²) in [5, 5.41) is 2.50. The number of alkyl halides is 1. The van der Waals surface area contributed by atoms with Gasteiger partial charge in [0.2, 0.25) is 11.0 Å². The van der Waals surface area contributed by atoms with E-state index in [4.69, 9.17) is 16.0 Å². The number of rotatable bonds is 5. The third-order valence-corrected chi connectivity index (χ3v) is 10.1. The van der Waals surface area contributed by atoms with E-state index in [1.54, 1.807) is 0 Å². The van der Waals surface area contributed by atoms with Gasteiger partial charge in [-0.25, -0.2) is 0 Å². The molecule has 0 aromatic heterocycles. The molecular weight excluding hydrogens is 314 g/mol. The summed E-state index contributed by atoms with van der Waals surface area (Å²) in [6, 6.07) is 0. The van der Waals surface area contributed by atoms with Gasteiger partial charge in [-0.05, 0) is 25.1 Å². The third-order valence-electron chi connectivity index (χ3n) is 4.07. The second kappa shape index (κ2) is 6.38. The van der Waals surface area contributed by atoms with E-state index in [1.807, 2.05) is 6.92 Å². The van der Waals surface area contributed by atoms with Gasteiger partial charge in [0.1, 0.15) is 0 Å². The second-order valence-corrected chi connectivity index (χ2v) is 12.9. The summed E-state index contributed by atoms with van der Waals surface area (Å²) in [7, 11) is -1.92. The van der Waals surface area contributed by atoms with Crippen molar-refractivity contribution in [1.82, 2.24) is 5.32 Å². The molecule has 3 atom stereocenters. The van der Waals surface area contributed by atoms with Crippen LogP contribution in [0, 0.1) is 5.92 Å². The first-order chi connectivity index (χ1) is 8.99. The van der Waals surface area contributed by atoms with Crippen LogP contribution in [-0.2, 0) is 14.0 Å². The van der Waals surface area contributed by atoms with Gasteiger partial charge < -0.3 is 9.74 Å². The molecule has 4 nitrogen and oxygen atoms in total. The van der Waals surface area contributed by atoms with E-state index in [-0.39, 0.29) is 39.3 Å². The van der Waals surface area contributed by atoms with Crippen molar-refractivity contribution in [1.29, 1.82) is 0 Å². The molecule has 0 aliphatic carbocycles. The van der Waals surface area contributed by atoms with Crippen LogP contribution in [0.1, 0.15) is 27.7 Å². The van der Waals surface area contributed by atoms with Crippen molar-refractivity contribution in [2.45, 2.75) is 57.3 Å². The average Bonchev–Trinajstić information content (AvgIpc) is 2.25.